The first kappa shape index (κ1) is 26.9. The van der Waals surface area contributed by atoms with Gasteiger partial charge in [0, 0.05) is 26.2 Å². The number of morpholine rings is 1. The number of ether oxygens (including phenoxy) is 2. The molecule has 0 radical (unpaired) electrons. The van der Waals surface area contributed by atoms with Crippen molar-refractivity contribution in [3.05, 3.63) is 53.6 Å². The van der Waals surface area contributed by atoms with Gasteiger partial charge in [0.1, 0.15) is 0 Å². The first-order valence-electron chi connectivity index (χ1n) is 11.7. The minimum absolute atomic E-state index is 0.0243. The van der Waals surface area contributed by atoms with Gasteiger partial charge in [0.2, 0.25) is 10.0 Å². The Kier molecular flexibility index (Phi) is 8.05. The van der Waals surface area contributed by atoms with Crippen molar-refractivity contribution in [3.8, 4) is 0 Å². The largest absolute Gasteiger partial charge is 0.452 e. The fourth-order valence-corrected chi connectivity index (χ4v) is 5.68. The van der Waals surface area contributed by atoms with Crippen LogP contribution in [0.1, 0.15) is 28.8 Å². The van der Waals surface area contributed by atoms with Crippen LogP contribution in [-0.2, 0) is 30.5 Å². The Hall–Kier alpha value is -3.16. The van der Waals surface area contributed by atoms with Crippen LogP contribution in [0.25, 0.3) is 0 Å². The van der Waals surface area contributed by atoms with Gasteiger partial charge in [-0.3, -0.25) is 4.79 Å². The molecule has 4 rings (SSSR count). The summed E-state index contributed by atoms with van der Waals surface area (Å²) in [4.78, 5) is 26.9. The van der Waals surface area contributed by atoms with E-state index in [1.54, 1.807) is 6.07 Å². The molecule has 0 bridgehead atoms. The average molecular weight is 542 g/mol. The highest BCUT2D eigenvalue weighted by molar-refractivity contribution is 7.89. The summed E-state index contributed by atoms with van der Waals surface area (Å²) in [6, 6.07) is 8.55. The van der Waals surface area contributed by atoms with E-state index in [0.717, 1.165) is 31.0 Å². The number of hydrogen-bond donors (Lipinski definition) is 1. The van der Waals surface area contributed by atoms with E-state index in [0.29, 0.717) is 18.8 Å². The Bertz CT molecular complexity index is 1260. The first-order chi connectivity index (χ1) is 17.6. The van der Waals surface area contributed by atoms with Crippen molar-refractivity contribution in [2.45, 2.75) is 23.9 Å². The van der Waals surface area contributed by atoms with Gasteiger partial charge < -0.3 is 19.7 Å². The number of amides is 1. The summed E-state index contributed by atoms with van der Waals surface area (Å²) in [6.07, 6.45) is -2.91. The summed E-state index contributed by atoms with van der Waals surface area (Å²) in [6.45, 7) is 1.52. The smallest absolute Gasteiger partial charge is 0.417 e. The van der Waals surface area contributed by atoms with Crippen LogP contribution in [0.5, 0.6) is 0 Å². The lowest BCUT2D eigenvalue weighted by molar-refractivity contribution is -0.138. The number of rotatable bonds is 7. The molecule has 9 nitrogen and oxygen atoms in total. The zero-order valence-corrected chi connectivity index (χ0v) is 20.6. The fourth-order valence-electron chi connectivity index (χ4n) is 4.25. The molecule has 2 aromatic carbocycles. The van der Waals surface area contributed by atoms with Crippen molar-refractivity contribution in [1.82, 2.24) is 4.31 Å². The summed E-state index contributed by atoms with van der Waals surface area (Å²) in [5, 5.41) is 2.57. The van der Waals surface area contributed by atoms with Gasteiger partial charge in [0.15, 0.2) is 6.61 Å². The van der Waals surface area contributed by atoms with Crippen molar-refractivity contribution >= 4 is 33.3 Å². The maximum Gasteiger partial charge on any atom is 0.417 e. The molecular weight excluding hydrogens is 515 g/mol. The van der Waals surface area contributed by atoms with E-state index >= 15 is 0 Å². The van der Waals surface area contributed by atoms with E-state index in [1.807, 2.05) is 4.90 Å². The SMILES string of the molecule is O=C(COC(=O)c1ccccc1C(F)(F)F)Nc1cc(S(=O)(=O)N2CCOCC2)ccc1N1CCCC1. The Labute approximate surface area is 212 Å². The summed E-state index contributed by atoms with van der Waals surface area (Å²) >= 11 is 0. The highest BCUT2D eigenvalue weighted by Gasteiger charge is 2.35. The van der Waals surface area contributed by atoms with E-state index in [9.17, 15) is 31.2 Å². The van der Waals surface area contributed by atoms with Crippen molar-refractivity contribution in [3.63, 3.8) is 0 Å². The third-order valence-corrected chi connectivity index (χ3v) is 7.98. The summed E-state index contributed by atoms with van der Waals surface area (Å²) in [7, 11) is -3.85. The van der Waals surface area contributed by atoms with Crippen molar-refractivity contribution in [1.29, 1.82) is 0 Å². The van der Waals surface area contributed by atoms with Crippen LogP contribution < -0.4 is 10.2 Å². The number of hydrogen-bond acceptors (Lipinski definition) is 7. The molecule has 2 heterocycles. The van der Waals surface area contributed by atoms with Crippen LogP contribution in [0, 0.1) is 0 Å². The van der Waals surface area contributed by atoms with Crippen LogP contribution >= 0.6 is 0 Å². The standard InChI is InChI=1S/C24H26F3N3O6S/c25-24(26,27)19-6-2-1-5-18(19)23(32)36-16-22(31)28-20-15-17(7-8-21(20)29-9-3-4-10-29)37(33,34)30-11-13-35-14-12-30/h1-2,5-8,15H,3-4,9-14,16H2,(H,28,31). The van der Waals surface area contributed by atoms with E-state index in [4.69, 9.17) is 9.47 Å². The molecule has 37 heavy (non-hydrogen) atoms. The third kappa shape index (κ3) is 6.22. The Morgan fingerprint density at radius 1 is 1.00 bits per heavy atom. The molecule has 0 unspecified atom stereocenters. The highest BCUT2D eigenvalue weighted by Crippen LogP contribution is 2.33. The van der Waals surface area contributed by atoms with E-state index in [2.05, 4.69) is 5.32 Å². The third-order valence-electron chi connectivity index (χ3n) is 6.08. The molecule has 0 saturated carbocycles. The number of nitrogens with one attached hydrogen (secondary N) is 1. The van der Waals surface area contributed by atoms with E-state index < -0.39 is 45.8 Å². The number of nitrogens with zero attached hydrogens (tertiary/aromatic N) is 2. The molecule has 2 aromatic rings. The second-order valence-electron chi connectivity index (χ2n) is 8.56. The summed E-state index contributed by atoms with van der Waals surface area (Å²) in [5.74, 6) is -2.12. The molecule has 2 saturated heterocycles. The van der Waals surface area contributed by atoms with Crippen LogP contribution in [0.3, 0.4) is 0 Å². The van der Waals surface area contributed by atoms with Gasteiger partial charge in [-0.1, -0.05) is 12.1 Å². The zero-order chi connectivity index (χ0) is 26.6. The monoisotopic (exact) mass is 541 g/mol. The molecule has 0 atom stereocenters. The molecule has 200 valence electrons. The van der Waals surface area contributed by atoms with Gasteiger partial charge in [0.05, 0.1) is 40.6 Å². The second kappa shape index (κ2) is 11.1. The maximum atomic E-state index is 13.2. The van der Waals surface area contributed by atoms with Crippen LogP contribution in [-0.4, -0.2) is 70.6 Å². The van der Waals surface area contributed by atoms with E-state index in [1.165, 1.54) is 22.5 Å². The fraction of sp³-hybridized carbons (Fsp3) is 0.417. The molecular formula is C24H26F3N3O6S. The number of anilines is 2. The Morgan fingerprint density at radius 3 is 2.35 bits per heavy atom. The molecule has 1 amide bonds. The first-order valence-corrected chi connectivity index (χ1v) is 13.1. The van der Waals surface area contributed by atoms with Gasteiger partial charge in [-0.2, -0.15) is 17.5 Å². The lowest BCUT2D eigenvalue weighted by Gasteiger charge is -2.27. The van der Waals surface area contributed by atoms with Gasteiger partial charge in [0.25, 0.3) is 5.91 Å². The molecule has 0 aliphatic carbocycles. The topological polar surface area (TPSA) is 105 Å². The quantitative estimate of drug-likeness (QED) is 0.537. The number of benzene rings is 2. The number of carbonyl (C=O) groups is 2. The van der Waals surface area contributed by atoms with Crippen molar-refractivity contribution in [2.24, 2.45) is 0 Å². The van der Waals surface area contributed by atoms with Crippen molar-refractivity contribution in [2.75, 3.05) is 56.2 Å². The van der Waals surface area contributed by atoms with Crippen molar-refractivity contribution < 1.29 is 40.7 Å². The summed E-state index contributed by atoms with van der Waals surface area (Å²) < 4.78 is 77.2. The van der Waals surface area contributed by atoms with Gasteiger partial charge in [-0.15, -0.1) is 0 Å². The molecule has 13 heteroatoms. The number of sulfonamides is 1. The zero-order valence-electron chi connectivity index (χ0n) is 19.8. The van der Waals surface area contributed by atoms with Crippen LogP contribution in [0.2, 0.25) is 0 Å². The van der Waals surface area contributed by atoms with Gasteiger partial charge >= 0.3 is 12.1 Å². The maximum absolute atomic E-state index is 13.2. The number of alkyl halides is 3. The minimum Gasteiger partial charge on any atom is -0.452 e. The number of carbonyl (C=O) groups excluding carboxylic acids is 2. The van der Waals surface area contributed by atoms with Gasteiger partial charge in [-0.25, -0.2) is 13.2 Å². The van der Waals surface area contributed by atoms with Crippen LogP contribution in [0.15, 0.2) is 47.4 Å². The highest BCUT2D eigenvalue weighted by atomic mass is 32.2. The molecule has 0 aromatic heterocycles. The lowest BCUT2D eigenvalue weighted by atomic mass is 10.1. The van der Waals surface area contributed by atoms with Gasteiger partial charge in [-0.05, 0) is 43.2 Å². The predicted molar refractivity (Wildman–Crippen MR) is 128 cm³/mol. The van der Waals surface area contributed by atoms with Crippen LogP contribution in [0.4, 0.5) is 24.5 Å². The number of halogens is 3. The Balaban J connectivity index is 1.52. The average Bonchev–Trinajstić information content (AvgIpc) is 3.42. The molecule has 1 N–H and O–H groups in total. The normalized spacial score (nSPS) is 17.0. The molecule has 2 fully saturated rings. The molecule has 0 spiro atoms. The second-order valence-corrected chi connectivity index (χ2v) is 10.5. The molecule has 2 aliphatic rings. The minimum atomic E-state index is -4.77. The Morgan fingerprint density at radius 2 is 1.68 bits per heavy atom. The summed E-state index contributed by atoms with van der Waals surface area (Å²) in [5.41, 5.74) is -1.08. The predicted octanol–water partition coefficient (Wildman–Crippen LogP) is 3.12. The number of esters is 1. The van der Waals surface area contributed by atoms with E-state index in [-0.39, 0.29) is 36.9 Å². The lowest BCUT2D eigenvalue weighted by Crippen LogP contribution is -2.40. The molecule has 2 aliphatic heterocycles.